The second kappa shape index (κ2) is 10.1. The molecule has 1 aromatic carbocycles. The molecule has 0 radical (unpaired) electrons. The molecule has 1 amide bonds. The van der Waals surface area contributed by atoms with Crippen LogP contribution in [0.5, 0.6) is 0 Å². The zero-order valence-corrected chi connectivity index (χ0v) is 20.1. The van der Waals surface area contributed by atoms with Crippen LogP contribution in [0.15, 0.2) is 29.4 Å². The number of amides is 1. The van der Waals surface area contributed by atoms with Crippen LogP contribution in [-0.4, -0.2) is 51.0 Å². The van der Waals surface area contributed by atoms with E-state index in [1.807, 2.05) is 37.4 Å². The van der Waals surface area contributed by atoms with Gasteiger partial charge in [0.25, 0.3) is 0 Å². The van der Waals surface area contributed by atoms with Crippen molar-refractivity contribution in [3.05, 3.63) is 35.9 Å². The Morgan fingerprint density at radius 3 is 2.52 bits per heavy atom. The summed E-state index contributed by atoms with van der Waals surface area (Å²) >= 11 is 1.38. The first-order valence-electron chi connectivity index (χ1n) is 11.0. The summed E-state index contributed by atoms with van der Waals surface area (Å²) < 4.78 is 15.4. The monoisotopic (exact) mass is 447 g/mol. The molecule has 170 valence electrons. The third-order valence-corrected chi connectivity index (χ3v) is 7.62. The van der Waals surface area contributed by atoms with Crippen LogP contribution in [0.3, 0.4) is 0 Å². The summed E-state index contributed by atoms with van der Waals surface area (Å²) in [5.41, 5.74) is 0.778. The van der Waals surface area contributed by atoms with Crippen LogP contribution in [0.2, 0.25) is 0 Å². The van der Waals surface area contributed by atoms with E-state index >= 15 is 0 Å². The number of thioether (sulfide) groups is 1. The van der Waals surface area contributed by atoms with Crippen LogP contribution in [-0.2, 0) is 4.79 Å². The minimum absolute atomic E-state index is 0.000566. The summed E-state index contributed by atoms with van der Waals surface area (Å²) in [6.07, 6.45) is 3.42. The first-order valence-corrected chi connectivity index (χ1v) is 11.9. The molecule has 0 spiro atoms. The number of carbonyl (C=O) groups is 1. The lowest BCUT2D eigenvalue weighted by Crippen LogP contribution is -2.46. The van der Waals surface area contributed by atoms with Gasteiger partial charge < -0.3 is 5.32 Å². The first-order chi connectivity index (χ1) is 14.7. The smallest absolute Gasteiger partial charge is 0.233 e. The molecule has 0 saturated heterocycles. The highest BCUT2D eigenvalue weighted by Gasteiger charge is 2.30. The number of rotatable bonds is 7. The Hall–Kier alpha value is -1.93. The van der Waals surface area contributed by atoms with E-state index < -0.39 is 0 Å². The first kappa shape index (κ1) is 23.7. The largest absolute Gasteiger partial charge is 0.352 e. The van der Waals surface area contributed by atoms with Crippen molar-refractivity contribution in [2.24, 2.45) is 11.8 Å². The average Bonchev–Trinajstić information content (AvgIpc) is 3.14. The lowest BCUT2D eigenvalue weighted by atomic mass is 9.78. The molecule has 0 bridgehead atoms. The quantitative estimate of drug-likeness (QED) is 0.636. The molecule has 6 nitrogen and oxygen atoms in total. The summed E-state index contributed by atoms with van der Waals surface area (Å²) in [5, 5.41) is 12.4. The second-order valence-corrected chi connectivity index (χ2v) is 10.2. The normalized spacial score (nSPS) is 23.5. The number of nitrogens with one attached hydrogen (secondary N) is 1. The van der Waals surface area contributed by atoms with Crippen LogP contribution < -0.4 is 5.32 Å². The molecule has 1 heterocycles. The molecule has 1 fully saturated rings. The highest BCUT2D eigenvalue weighted by molar-refractivity contribution is 8.00. The molecule has 0 aliphatic heterocycles. The van der Waals surface area contributed by atoms with Crippen molar-refractivity contribution in [1.82, 2.24) is 25.0 Å². The Bertz CT molecular complexity index is 885. The Morgan fingerprint density at radius 2 is 1.87 bits per heavy atom. The zero-order chi connectivity index (χ0) is 22.7. The molecular formula is C23H34FN5OS. The number of benzene rings is 1. The molecule has 1 N–H and O–H groups in total. The maximum Gasteiger partial charge on any atom is 0.233 e. The molecule has 8 heteroatoms. The Kier molecular flexibility index (Phi) is 7.75. The van der Waals surface area contributed by atoms with Crippen LogP contribution in [0, 0.1) is 17.7 Å². The van der Waals surface area contributed by atoms with Gasteiger partial charge in [0, 0.05) is 11.7 Å². The van der Waals surface area contributed by atoms with E-state index in [0.29, 0.717) is 17.0 Å². The standard InChI is InChI=1S/C23H34FN5OS/c1-14-8-7-9-20(15(14)2)25-22(30)17(4)31-23-27-26-21(16(3)28(5)6)29(23)19-12-10-18(24)11-13-19/h10-17,20H,7-9H2,1-6H3,(H,25,30)/t14-,15+,16+,17-,20-/m1/s1. The summed E-state index contributed by atoms with van der Waals surface area (Å²) in [4.78, 5) is 15.0. The van der Waals surface area contributed by atoms with E-state index in [1.165, 1.54) is 30.3 Å². The molecule has 3 rings (SSSR count). The van der Waals surface area contributed by atoms with Gasteiger partial charge in [0.1, 0.15) is 5.82 Å². The molecule has 1 aliphatic rings. The van der Waals surface area contributed by atoms with Crippen molar-refractivity contribution in [3.63, 3.8) is 0 Å². The molecular weight excluding hydrogens is 413 g/mol. The van der Waals surface area contributed by atoms with Gasteiger partial charge in [-0.15, -0.1) is 10.2 Å². The van der Waals surface area contributed by atoms with Crippen LogP contribution in [0.1, 0.15) is 58.8 Å². The second-order valence-electron chi connectivity index (χ2n) is 8.93. The van der Waals surface area contributed by atoms with Gasteiger partial charge in [-0.3, -0.25) is 14.3 Å². The van der Waals surface area contributed by atoms with Gasteiger partial charge in [0.2, 0.25) is 5.91 Å². The third kappa shape index (κ3) is 5.47. The summed E-state index contributed by atoms with van der Waals surface area (Å²) in [6, 6.07) is 6.50. The molecule has 5 atom stereocenters. The fourth-order valence-electron chi connectivity index (χ4n) is 3.99. The Morgan fingerprint density at radius 1 is 1.19 bits per heavy atom. The van der Waals surface area contributed by atoms with Gasteiger partial charge >= 0.3 is 0 Å². The number of nitrogens with zero attached hydrogens (tertiary/aromatic N) is 4. The van der Waals surface area contributed by atoms with E-state index in [9.17, 15) is 9.18 Å². The fraction of sp³-hybridized carbons (Fsp3) is 0.609. The maximum absolute atomic E-state index is 13.5. The summed E-state index contributed by atoms with van der Waals surface area (Å²) in [6.45, 7) is 8.43. The van der Waals surface area contributed by atoms with E-state index in [2.05, 4.69) is 29.4 Å². The highest BCUT2D eigenvalue weighted by atomic mass is 32.2. The predicted molar refractivity (Wildman–Crippen MR) is 123 cm³/mol. The van der Waals surface area contributed by atoms with Gasteiger partial charge in [0.15, 0.2) is 11.0 Å². The van der Waals surface area contributed by atoms with Crippen LogP contribution in [0.4, 0.5) is 4.39 Å². The van der Waals surface area contributed by atoms with Gasteiger partial charge in [0.05, 0.1) is 11.3 Å². The van der Waals surface area contributed by atoms with Gasteiger partial charge in [-0.1, -0.05) is 38.5 Å². The van der Waals surface area contributed by atoms with Gasteiger partial charge in [-0.25, -0.2) is 4.39 Å². The SMILES string of the molecule is C[C@H]1[C@H](C)CCC[C@H]1NC(=O)[C@@H](C)Sc1nnc([C@H](C)N(C)C)n1-c1ccc(F)cc1. The van der Waals surface area contributed by atoms with Crippen molar-refractivity contribution in [2.75, 3.05) is 14.1 Å². The third-order valence-electron chi connectivity index (χ3n) is 6.58. The molecule has 0 unspecified atom stereocenters. The number of aromatic nitrogens is 3. The summed E-state index contributed by atoms with van der Waals surface area (Å²) in [5.74, 6) is 1.58. The van der Waals surface area contributed by atoms with Gasteiger partial charge in [-0.2, -0.15) is 0 Å². The van der Waals surface area contributed by atoms with E-state index in [1.54, 1.807) is 12.1 Å². The molecule has 1 aromatic heterocycles. The number of hydrogen-bond acceptors (Lipinski definition) is 5. The number of carbonyl (C=O) groups excluding carboxylic acids is 1. The lowest BCUT2D eigenvalue weighted by molar-refractivity contribution is -0.121. The minimum atomic E-state index is -0.324. The summed E-state index contributed by atoms with van der Waals surface area (Å²) in [7, 11) is 3.95. The van der Waals surface area contributed by atoms with Gasteiger partial charge in [-0.05, 0) is 70.5 Å². The average molecular weight is 448 g/mol. The fourth-order valence-corrected chi connectivity index (χ4v) is 4.87. The van der Waals surface area contributed by atoms with Crippen molar-refractivity contribution in [3.8, 4) is 5.69 Å². The molecule has 1 aliphatic carbocycles. The number of hydrogen-bond donors (Lipinski definition) is 1. The number of halogens is 1. The maximum atomic E-state index is 13.5. The lowest BCUT2D eigenvalue weighted by Gasteiger charge is -2.35. The van der Waals surface area contributed by atoms with E-state index in [-0.39, 0.29) is 29.1 Å². The van der Waals surface area contributed by atoms with Crippen molar-refractivity contribution in [1.29, 1.82) is 0 Å². The van der Waals surface area contributed by atoms with E-state index in [0.717, 1.165) is 24.4 Å². The van der Waals surface area contributed by atoms with E-state index in [4.69, 9.17) is 0 Å². The van der Waals surface area contributed by atoms with Crippen LogP contribution >= 0.6 is 11.8 Å². The molecule has 31 heavy (non-hydrogen) atoms. The van der Waals surface area contributed by atoms with Crippen molar-refractivity contribution in [2.45, 2.75) is 69.4 Å². The highest BCUT2D eigenvalue weighted by Crippen LogP contribution is 2.32. The van der Waals surface area contributed by atoms with Crippen molar-refractivity contribution < 1.29 is 9.18 Å². The predicted octanol–water partition coefficient (Wildman–Crippen LogP) is 4.45. The van der Waals surface area contributed by atoms with Crippen molar-refractivity contribution >= 4 is 17.7 Å². The molecule has 2 aromatic rings. The Balaban J connectivity index is 1.81. The minimum Gasteiger partial charge on any atom is -0.352 e. The van der Waals surface area contributed by atoms with Crippen LogP contribution in [0.25, 0.3) is 5.69 Å². The molecule has 1 saturated carbocycles. The Labute approximate surface area is 189 Å². The topological polar surface area (TPSA) is 63.1 Å². The zero-order valence-electron chi connectivity index (χ0n) is 19.3.